The fraction of sp³-hybridized carbons (Fsp3) is 0.200. The summed E-state index contributed by atoms with van der Waals surface area (Å²) in [5.41, 5.74) is 1.57. The number of carbonyl (C=O) groups is 1. The number of aliphatic hydroxyl groups is 1. The Labute approximate surface area is 130 Å². The summed E-state index contributed by atoms with van der Waals surface area (Å²) in [6.07, 6.45) is 4.84. The molecular weight excluding hydrogens is 304 g/mol. The fourth-order valence-electron chi connectivity index (χ4n) is 2.01. The molecule has 1 amide bonds. The number of nitrogens with zero attached hydrogens (tertiary/aromatic N) is 1. The lowest BCUT2D eigenvalue weighted by molar-refractivity contribution is -0.121. The van der Waals surface area contributed by atoms with E-state index in [0.29, 0.717) is 11.5 Å². The van der Waals surface area contributed by atoms with E-state index >= 15 is 0 Å². The normalized spacial score (nSPS) is 12.2. The molecule has 0 aromatic carbocycles. The minimum atomic E-state index is -0.547. The topological polar surface area (TPSA) is 88.5 Å². The van der Waals surface area contributed by atoms with Gasteiger partial charge in [0.15, 0.2) is 0 Å². The van der Waals surface area contributed by atoms with E-state index in [-0.39, 0.29) is 18.9 Å². The molecular formula is C15H14N2O4S. The van der Waals surface area contributed by atoms with E-state index in [1.807, 2.05) is 11.4 Å². The van der Waals surface area contributed by atoms with E-state index in [2.05, 4.69) is 10.3 Å². The summed E-state index contributed by atoms with van der Waals surface area (Å²) < 4.78 is 10.2. The highest BCUT2D eigenvalue weighted by atomic mass is 32.1. The second-order valence-corrected chi connectivity index (χ2v) is 5.51. The molecule has 0 saturated heterocycles. The van der Waals surface area contributed by atoms with Crippen LogP contribution in [0.3, 0.4) is 0 Å². The number of aliphatic hydroxyl groups excluding tert-OH is 1. The number of nitrogens with one attached hydrogen (secondary N) is 1. The second kappa shape index (κ2) is 6.59. The van der Waals surface area contributed by atoms with Gasteiger partial charge in [-0.3, -0.25) is 4.79 Å². The van der Waals surface area contributed by atoms with Crippen LogP contribution in [0.4, 0.5) is 0 Å². The minimum Gasteiger partial charge on any atom is -0.472 e. The van der Waals surface area contributed by atoms with Crippen molar-refractivity contribution in [3.8, 4) is 10.6 Å². The third-order valence-electron chi connectivity index (χ3n) is 3.07. The molecule has 0 aliphatic carbocycles. The van der Waals surface area contributed by atoms with Gasteiger partial charge in [-0.05, 0) is 18.2 Å². The summed E-state index contributed by atoms with van der Waals surface area (Å²) in [5.74, 6) is 0.299. The van der Waals surface area contributed by atoms with Crippen LogP contribution in [0.2, 0.25) is 0 Å². The van der Waals surface area contributed by atoms with Crippen molar-refractivity contribution in [2.24, 2.45) is 0 Å². The van der Waals surface area contributed by atoms with Crippen LogP contribution in [0.5, 0.6) is 0 Å². The van der Waals surface area contributed by atoms with Gasteiger partial charge in [0, 0.05) is 10.9 Å². The van der Waals surface area contributed by atoms with E-state index in [0.717, 1.165) is 10.6 Å². The molecule has 22 heavy (non-hydrogen) atoms. The summed E-state index contributed by atoms with van der Waals surface area (Å²) in [7, 11) is 0. The predicted molar refractivity (Wildman–Crippen MR) is 80.2 cm³/mol. The molecule has 1 atom stereocenters. The van der Waals surface area contributed by atoms with Crippen LogP contribution >= 0.6 is 11.3 Å². The van der Waals surface area contributed by atoms with Crippen molar-refractivity contribution in [3.05, 3.63) is 53.8 Å². The Bertz CT molecular complexity index is 719. The molecule has 0 bridgehead atoms. The molecule has 0 radical (unpaired) electrons. The molecule has 1 unspecified atom stereocenters. The van der Waals surface area contributed by atoms with Gasteiger partial charge in [-0.15, -0.1) is 11.3 Å². The van der Waals surface area contributed by atoms with Crippen molar-refractivity contribution >= 4 is 17.2 Å². The molecule has 3 aromatic rings. The Balaban J connectivity index is 1.62. The molecule has 6 nitrogen and oxygen atoms in total. The third-order valence-corrected chi connectivity index (χ3v) is 4.01. The first kappa shape index (κ1) is 14.6. The number of aromatic nitrogens is 1. The fourth-order valence-corrected chi connectivity index (χ4v) is 2.82. The van der Waals surface area contributed by atoms with Gasteiger partial charge in [0.25, 0.3) is 0 Å². The lowest BCUT2D eigenvalue weighted by atomic mass is 10.2. The summed E-state index contributed by atoms with van der Waals surface area (Å²) >= 11 is 1.45. The van der Waals surface area contributed by atoms with Gasteiger partial charge in [0.05, 0.1) is 31.2 Å². The maximum absolute atomic E-state index is 12.1. The molecule has 3 aromatic heterocycles. The molecule has 0 spiro atoms. The average Bonchev–Trinajstić information content (AvgIpc) is 3.24. The van der Waals surface area contributed by atoms with Gasteiger partial charge in [0.1, 0.15) is 23.1 Å². The maximum Gasteiger partial charge on any atom is 0.226 e. The highest BCUT2D eigenvalue weighted by molar-refractivity contribution is 7.13. The number of carbonyl (C=O) groups excluding carboxylic acids is 1. The van der Waals surface area contributed by atoms with Crippen molar-refractivity contribution in [3.63, 3.8) is 0 Å². The number of rotatable bonds is 6. The minimum absolute atomic E-state index is 0.144. The van der Waals surface area contributed by atoms with E-state index in [9.17, 15) is 9.90 Å². The van der Waals surface area contributed by atoms with E-state index in [1.54, 1.807) is 24.7 Å². The largest absolute Gasteiger partial charge is 0.472 e. The van der Waals surface area contributed by atoms with E-state index in [4.69, 9.17) is 8.83 Å². The zero-order valence-corrected chi connectivity index (χ0v) is 12.4. The molecule has 2 N–H and O–H groups in total. The van der Waals surface area contributed by atoms with Gasteiger partial charge in [-0.25, -0.2) is 4.98 Å². The highest BCUT2D eigenvalue weighted by Crippen LogP contribution is 2.24. The van der Waals surface area contributed by atoms with Crippen LogP contribution in [0.25, 0.3) is 10.6 Å². The number of amides is 1. The predicted octanol–water partition coefficient (Wildman–Crippen LogP) is 2.39. The van der Waals surface area contributed by atoms with E-state index in [1.165, 1.54) is 17.6 Å². The maximum atomic E-state index is 12.1. The van der Waals surface area contributed by atoms with Crippen LogP contribution in [-0.2, 0) is 11.2 Å². The molecule has 114 valence electrons. The molecule has 3 heterocycles. The first-order chi connectivity index (χ1) is 10.8. The first-order valence-corrected chi connectivity index (χ1v) is 7.55. The molecule has 0 aliphatic heterocycles. The number of hydrogen-bond donors (Lipinski definition) is 2. The van der Waals surface area contributed by atoms with Gasteiger partial charge in [0.2, 0.25) is 5.91 Å². The molecule has 3 rings (SSSR count). The monoisotopic (exact) mass is 318 g/mol. The van der Waals surface area contributed by atoms with Gasteiger partial charge < -0.3 is 19.3 Å². The standard InChI is InChI=1S/C15H14N2O4S/c18-7-12(13-2-1-4-21-13)17-14(19)6-11-9-22-15(16-11)10-3-5-20-8-10/h1-5,8-9,12,18H,6-7H2,(H,17,19). The van der Waals surface area contributed by atoms with Crippen molar-refractivity contribution in [2.45, 2.75) is 12.5 Å². The smallest absolute Gasteiger partial charge is 0.226 e. The Morgan fingerprint density at radius 3 is 3.00 bits per heavy atom. The lowest BCUT2D eigenvalue weighted by Crippen LogP contribution is -2.31. The quantitative estimate of drug-likeness (QED) is 0.728. The second-order valence-electron chi connectivity index (χ2n) is 4.65. The van der Waals surface area contributed by atoms with Gasteiger partial charge in [-0.2, -0.15) is 0 Å². The molecule has 0 aliphatic rings. The zero-order chi connectivity index (χ0) is 15.4. The number of furan rings is 2. The molecule has 0 saturated carbocycles. The van der Waals surface area contributed by atoms with Crippen LogP contribution < -0.4 is 5.32 Å². The van der Waals surface area contributed by atoms with Crippen molar-refractivity contribution < 1.29 is 18.7 Å². The average molecular weight is 318 g/mol. The number of thiazole rings is 1. The summed E-state index contributed by atoms with van der Waals surface area (Å²) in [6.45, 7) is -0.226. The van der Waals surface area contributed by atoms with Crippen LogP contribution in [-0.4, -0.2) is 22.6 Å². The summed E-state index contributed by atoms with van der Waals surface area (Å²) in [5, 5.41) is 14.7. The zero-order valence-electron chi connectivity index (χ0n) is 11.6. The molecule has 7 heteroatoms. The summed E-state index contributed by atoms with van der Waals surface area (Å²) in [6, 6.07) is 4.69. The lowest BCUT2D eigenvalue weighted by Gasteiger charge is -2.13. The van der Waals surface area contributed by atoms with Crippen LogP contribution in [0.15, 0.2) is 51.2 Å². The Hall–Kier alpha value is -2.38. The third kappa shape index (κ3) is 3.26. The van der Waals surface area contributed by atoms with Crippen molar-refractivity contribution in [1.29, 1.82) is 0 Å². The van der Waals surface area contributed by atoms with Gasteiger partial charge in [-0.1, -0.05) is 0 Å². The highest BCUT2D eigenvalue weighted by Gasteiger charge is 2.17. The van der Waals surface area contributed by atoms with E-state index < -0.39 is 6.04 Å². The summed E-state index contributed by atoms with van der Waals surface area (Å²) in [4.78, 5) is 16.5. The Morgan fingerprint density at radius 2 is 2.32 bits per heavy atom. The number of hydrogen-bond acceptors (Lipinski definition) is 6. The van der Waals surface area contributed by atoms with Gasteiger partial charge >= 0.3 is 0 Å². The first-order valence-electron chi connectivity index (χ1n) is 6.67. The van der Waals surface area contributed by atoms with Crippen molar-refractivity contribution in [2.75, 3.05) is 6.61 Å². The SMILES string of the molecule is O=C(Cc1csc(-c2ccoc2)n1)NC(CO)c1ccco1. The Morgan fingerprint density at radius 1 is 1.41 bits per heavy atom. The Kier molecular flexibility index (Phi) is 4.36. The van der Waals surface area contributed by atoms with Crippen LogP contribution in [0, 0.1) is 0 Å². The van der Waals surface area contributed by atoms with Crippen LogP contribution in [0.1, 0.15) is 17.5 Å². The molecule has 0 fully saturated rings. The van der Waals surface area contributed by atoms with Crippen molar-refractivity contribution in [1.82, 2.24) is 10.3 Å².